The Hall–Kier alpha value is -0.710. The molecule has 0 unspecified atom stereocenters. The highest BCUT2D eigenvalue weighted by atomic mass is 31.2. The Morgan fingerprint density at radius 1 is 1.29 bits per heavy atom. The predicted molar refractivity (Wildman–Crippen MR) is 75.1 cm³/mol. The van der Waals surface area contributed by atoms with Crippen LogP contribution in [0.4, 0.5) is 13.2 Å². The number of carbonyl (C=O) groups excluding carboxylic acids is 1. The van der Waals surface area contributed by atoms with Gasteiger partial charge in [0.15, 0.2) is 5.79 Å². The number of hydrogen-bond donors (Lipinski definition) is 1. The average molecular weight is 379 g/mol. The van der Waals surface area contributed by atoms with E-state index in [1.165, 1.54) is 0 Å². The van der Waals surface area contributed by atoms with Crippen molar-refractivity contribution in [1.82, 2.24) is 5.32 Å². The Bertz CT molecular complexity index is 492. The number of halogens is 3. The van der Waals surface area contributed by atoms with E-state index in [4.69, 9.17) is 14.0 Å². The average Bonchev–Trinajstić information content (AvgIpc) is 2.74. The van der Waals surface area contributed by atoms with Gasteiger partial charge >= 0.3 is 19.9 Å². The van der Waals surface area contributed by atoms with Gasteiger partial charge in [-0.3, -0.25) is 18.4 Å². The van der Waals surface area contributed by atoms with Crippen LogP contribution in [0.1, 0.15) is 20.8 Å². The molecule has 24 heavy (non-hydrogen) atoms. The first-order valence-electron chi connectivity index (χ1n) is 6.93. The summed E-state index contributed by atoms with van der Waals surface area (Å²) in [6.07, 6.45) is -6.71. The zero-order valence-corrected chi connectivity index (χ0v) is 14.8. The van der Waals surface area contributed by atoms with Crippen LogP contribution in [-0.2, 0) is 32.4 Å². The maximum atomic E-state index is 12.5. The molecule has 1 fully saturated rings. The van der Waals surface area contributed by atoms with Gasteiger partial charge in [0.1, 0.15) is 6.10 Å². The van der Waals surface area contributed by atoms with Gasteiger partial charge in [0.2, 0.25) is 0 Å². The minimum atomic E-state index is -5.09. The van der Waals surface area contributed by atoms with Gasteiger partial charge in [-0.05, 0) is 20.8 Å². The largest absolute Gasteiger partial charge is 0.474 e. The summed E-state index contributed by atoms with van der Waals surface area (Å²) in [6, 6.07) is -1.30. The molecule has 0 saturated carbocycles. The third kappa shape index (κ3) is 5.68. The Morgan fingerprint density at radius 2 is 1.83 bits per heavy atom. The molecule has 0 bridgehead atoms. The van der Waals surface area contributed by atoms with Gasteiger partial charge in [-0.1, -0.05) is 0 Å². The molecule has 1 aliphatic heterocycles. The summed E-state index contributed by atoms with van der Waals surface area (Å²) >= 11 is 0. The molecule has 1 saturated heterocycles. The second-order valence-electron chi connectivity index (χ2n) is 5.49. The highest BCUT2D eigenvalue weighted by molar-refractivity contribution is 7.48. The summed E-state index contributed by atoms with van der Waals surface area (Å²) in [7, 11) is -1.84. The molecule has 142 valence electrons. The summed E-state index contributed by atoms with van der Waals surface area (Å²) in [6.45, 7) is 4.11. The molecular weight excluding hydrogens is 358 g/mol. The molecule has 0 aromatic heterocycles. The molecule has 0 aromatic carbocycles. The SMILES string of the molecule is COP(=O)(OC)OC[C@H](NC(=O)C(F)(F)F)[C@@H]1OC(C)(C)O[C@@H]1C. The summed E-state index contributed by atoms with van der Waals surface area (Å²) in [5.74, 6) is -3.24. The number of hydrogen-bond acceptors (Lipinski definition) is 7. The number of phosphoric ester groups is 1. The second-order valence-corrected chi connectivity index (χ2v) is 7.37. The molecule has 0 radical (unpaired) electrons. The molecule has 1 rings (SSSR count). The van der Waals surface area contributed by atoms with Gasteiger partial charge in [-0.15, -0.1) is 0 Å². The van der Waals surface area contributed by atoms with Gasteiger partial charge in [0.25, 0.3) is 0 Å². The van der Waals surface area contributed by atoms with Gasteiger partial charge in [-0.2, -0.15) is 13.2 Å². The molecule has 0 aromatic rings. The molecule has 3 atom stereocenters. The fourth-order valence-electron chi connectivity index (χ4n) is 2.20. The second kappa shape index (κ2) is 7.67. The minimum Gasteiger partial charge on any atom is -0.345 e. The monoisotopic (exact) mass is 379 g/mol. The summed E-state index contributed by atoms with van der Waals surface area (Å²) in [4.78, 5) is 11.2. The smallest absolute Gasteiger partial charge is 0.345 e. The summed E-state index contributed by atoms with van der Waals surface area (Å²) in [5, 5.41) is 1.76. The minimum absolute atomic E-state index is 0.602. The van der Waals surface area contributed by atoms with Crippen LogP contribution < -0.4 is 5.32 Å². The van der Waals surface area contributed by atoms with Crippen molar-refractivity contribution < 1.29 is 45.6 Å². The number of ether oxygens (including phenoxy) is 2. The zero-order valence-electron chi connectivity index (χ0n) is 13.9. The number of amides is 1. The van der Waals surface area contributed by atoms with Crippen molar-refractivity contribution in [3.63, 3.8) is 0 Å². The van der Waals surface area contributed by atoms with Crippen LogP contribution in [0.5, 0.6) is 0 Å². The topological polar surface area (TPSA) is 92.3 Å². The fourth-order valence-corrected chi connectivity index (χ4v) is 2.90. The third-order valence-electron chi connectivity index (χ3n) is 3.18. The third-order valence-corrected chi connectivity index (χ3v) is 4.54. The Balaban J connectivity index is 2.92. The first kappa shape index (κ1) is 21.3. The van der Waals surface area contributed by atoms with Crippen molar-refractivity contribution in [2.24, 2.45) is 0 Å². The Morgan fingerprint density at radius 3 is 2.21 bits per heavy atom. The molecule has 1 heterocycles. The van der Waals surface area contributed by atoms with Crippen LogP contribution in [0.15, 0.2) is 0 Å². The number of carbonyl (C=O) groups is 1. The summed E-state index contributed by atoms with van der Waals surface area (Å²) in [5.41, 5.74) is 0. The van der Waals surface area contributed by atoms with E-state index < -0.39 is 50.5 Å². The normalized spacial score (nSPS) is 25.5. The number of alkyl halides is 3. The van der Waals surface area contributed by atoms with Crippen LogP contribution >= 0.6 is 7.82 Å². The van der Waals surface area contributed by atoms with E-state index in [9.17, 15) is 22.5 Å². The van der Waals surface area contributed by atoms with Crippen LogP contribution in [0, 0.1) is 0 Å². The van der Waals surface area contributed by atoms with E-state index in [-0.39, 0.29) is 0 Å². The van der Waals surface area contributed by atoms with E-state index in [1.54, 1.807) is 26.1 Å². The molecule has 8 nitrogen and oxygen atoms in total. The van der Waals surface area contributed by atoms with Gasteiger partial charge in [0, 0.05) is 14.2 Å². The molecule has 1 amide bonds. The van der Waals surface area contributed by atoms with Crippen molar-refractivity contribution in [2.75, 3.05) is 20.8 Å². The molecule has 1 N–H and O–H groups in total. The van der Waals surface area contributed by atoms with Crippen LogP contribution in [0.25, 0.3) is 0 Å². The standard InChI is InChI=1S/C12H21F3NO7P/c1-7-9(23-11(2,3)22-7)8(16-10(17)12(13,14)15)6-21-24(18,19-4)20-5/h7-9H,6H2,1-5H3,(H,16,17)/t7-,8+,9-/m1/s1. The lowest BCUT2D eigenvalue weighted by Gasteiger charge is -2.27. The maximum absolute atomic E-state index is 12.5. The highest BCUT2D eigenvalue weighted by Crippen LogP contribution is 2.47. The first-order valence-corrected chi connectivity index (χ1v) is 8.39. The van der Waals surface area contributed by atoms with Crippen molar-refractivity contribution in [2.45, 2.75) is 51.0 Å². The summed E-state index contributed by atoms with van der Waals surface area (Å²) < 4.78 is 74.4. The first-order chi connectivity index (χ1) is 10.8. The predicted octanol–water partition coefficient (Wildman–Crippen LogP) is 1.99. The van der Waals surface area contributed by atoms with Crippen LogP contribution in [-0.4, -0.2) is 56.9 Å². The van der Waals surface area contributed by atoms with Crippen molar-refractivity contribution in [3.8, 4) is 0 Å². The van der Waals surface area contributed by atoms with Crippen molar-refractivity contribution in [3.05, 3.63) is 0 Å². The van der Waals surface area contributed by atoms with Crippen LogP contribution in [0.2, 0.25) is 0 Å². The quantitative estimate of drug-likeness (QED) is 0.677. The van der Waals surface area contributed by atoms with E-state index in [1.807, 2.05) is 0 Å². The number of phosphoric acid groups is 1. The van der Waals surface area contributed by atoms with E-state index in [0.717, 1.165) is 14.2 Å². The lowest BCUT2D eigenvalue weighted by molar-refractivity contribution is -0.177. The zero-order chi connectivity index (χ0) is 18.8. The maximum Gasteiger partial charge on any atom is 0.474 e. The molecule has 0 spiro atoms. The fraction of sp³-hybridized carbons (Fsp3) is 0.917. The Labute approximate surface area is 137 Å². The van der Waals surface area contributed by atoms with Crippen LogP contribution in [0.3, 0.4) is 0 Å². The molecule has 0 aliphatic carbocycles. The van der Waals surface area contributed by atoms with Crippen molar-refractivity contribution >= 4 is 13.7 Å². The molecule has 1 aliphatic rings. The van der Waals surface area contributed by atoms with E-state index >= 15 is 0 Å². The van der Waals surface area contributed by atoms with Crippen molar-refractivity contribution in [1.29, 1.82) is 0 Å². The van der Waals surface area contributed by atoms with E-state index in [2.05, 4.69) is 9.05 Å². The lowest BCUT2D eigenvalue weighted by Crippen LogP contribution is -2.53. The number of nitrogens with one attached hydrogen (secondary N) is 1. The van der Waals surface area contributed by atoms with Gasteiger partial charge in [-0.25, -0.2) is 4.57 Å². The van der Waals surface area contributed by atoms with Gasteiger partial charge < -0.3 is 14.8 Å². The Kier molecular flexibility index (Phi) is 6.82. The van der Waals surface area contributed by atoms with E-state index in [0.29, 0.717) is 0 Å². The highest BCUT2D eigenvalue weighted by Gasteiger charge is 2.47. The van der Waals surface area contributed by atoms with Gasteiger partial charge in [0.05, 0.1) is 18.8 Å². The number of rotatable bonds is 7. The molecule has 12 heteroatoms. The lowest BCUT2D eigenvalue weighted by atomic mass is 10.1. The molecular formula is C12H21F3NO7P.